The molecule has 4 heteroatoms. The lowest BCUT2D eigenvalue weighted by atomic mass is 9.99. The van der Waals surface area contributed by atoms with Crippen molar-refractivity contribution in [2.75, 3.05) is 25.0 Å². The summed E-state index contributed by atoms with van der Waals surface area (Å²) in [5, 5.41) is 6.75. The van der Waals surface area contributed by atoms with Crippen molar-refractivity contribution >= 4 is 5.69 Å². The van der Waals surface area contributed by atoms with E-state index in [-0.39, 0.29) is 5.56 Å². The van der Waals surface area contributed by atoms with Crippen LogP contribution in [0.5, 0.6) is 0 Å². The van der Waals surface area contributed by atoms with Crippen molar-refractivity contribution < 1.29 is 8.78 Å². The quantitative estimate of drug-likeness (QED) is 0.873. The van der Waals surface area contributed by atoms with E-state index in [1.165, 1.54) is 18.9 Å². The first-order valence-electron chi connectivity index (χ1n) is 6.90. The van der Waals surface area contributed by atoms with E-state index in [1.807, 2.05) is 6.92 Å². The molecule has 0 aromatic heterocycles. The summed E-state index contributed by atoms with van der Waals surface area (Å²) in [7, 11) is 0. The lowest BCUT2D eigenvalue weighted by molar-refractivity contribution is 0.0174. The normalized spacial score (nSPS) is 20.3. The predicted octanol–water partition coefficient (Wildman–Crippen LogP) is 3.52. The third-order valence-corrected chi connectivity index (χ3v) is 3.71. The molecule has 1 aromatic carbocycles. The number of alkyl halides is 2. The highest BCUT2D eigenvalue weighted by molar-refractivity contribution is 5.52. The topological polar surface area (TPSA) is 24.1 Å². The first kappa shape index (κ1) is 14.3. The van der Waals surface area contributed by atoms with Gasteiger partial charge in [-0.05, 0) is 56.5 Å². The Hall–Kier alpha value is -1.16. The number of aryl methyl sites for hydroxylation is 1. The van der Waals surface area contributed by atoms with E-state index in [1.54, 1.807) is 12.1 Å². The maximum atomic E-state index is 13.2. The molecule has 1 saturated heterocycles. The number of halogens is 2. The lowest BCUT2D eigenvalue weighted by Crippen LogP contribution is -2.33. The summed E-state index contributed by atoms with van der Waals surface area (Å²) in [4.78, 5) is 0. The lowest BCUT2D eigenvalue weighted by Gasteiger charge is -2.24. The van der Waals surface area contributed by atoms with Crippen LogP contribution in [0.4, 0.5) is 14.5 Å². The molecule has 19 heavy (non-hydrogen) atoms. The van der Waals surface area contributed by atoms with Gasteiger partial charge in [0.15, 0.2) is 0 Å². The van der Waals surface area contributed by atoms with E-state index in [0.717, 1.165) is 37.8 Å². The van der Waals surface area contributed by atoms with Crippen LogP contribution < -0.4 is 10.6 Å². The van der Waals surface area contributed by atoms with Gasteiger partial charge in [0.2, 0.25) is 0 Å². The number of piperidine rings is 1. The summed E-state index contributed by atoms with van der Waals surface area (Å²) >= 11 is 0. The maximum Gasteiger partial charge on any atom is 0.270 e. The number of benzene rings is 1. The van der Waals surface area contributed by atoms with Crippen molar-refractivity contribution in [1.29, 1.82) is 0 Å². The van der Waals surface area contributed by atoms with Gasteiger partial charge in [-0.3, -0.25) is 0 Å². The Labute approximate surface area is 113 Å². The fourth-order valence-corrected chi connectivity index (χ4v) is 2.49. The molecule has 0 amide bonds. The third-order valence-electron chi connectivity index (χ3n) is 3.71. The minimum Gasteiger partial charge on any atom is -0.385 e. The molecular formula is C15H22F2N2. The monoisotopic (exact) mass is 268 g/mol. The Morgan fingerprint density at radius 2 is 2.21 bits per heavy atom. The van der Waals surface area contributed by atoms with Gasteiger partial charge in [-0.15, -0.1) is 0 Å². The molecule has 1 heterocycles. The number of anilines is 1. The Balaban J connectivity index is 1.97. The number of rotatable bonds is 4. The van der Waals surface area contributed by atoms with Gasteiger partial charge in [0, 0.05) is 24.7 Å². The molecule has 0 bridgehead atoms. The molecule has 2 rings (SSSR count). The maximum absolute atomic E-state index is 13.2. The molecule has 0 spiro atoms. The second-order valence-electron chi connectivity index (χ2n) is 5.51. The summed E-state index contributed by atoms with van der Waals surface area (Å²) in [5.41, 5.74) is 1.91. The highest BCUT2D eigenvalue weighted by Gasteiger charge is 2.24. The molecule has 0 radical (unpaired) electrons. The van der Waals surface area contributed by atoms with Crippen LogP contribution in [0, 0.1) is 12.8 Å². The largest absolute Gasteiger partial charge is 0.385 e. The van der Waals surface area contributed by atoms with Crippen LogP contribution in [-0.2, 0) is 5.92 Å². The van der Waals surface area contributed by atoms with Crippen LogP contribution in [0.1, 0.15) is 30.9 Å². The van der Waals surface area contributed by atoms with Gasteiger partial charge >= 0.3 is 0 Å². The summed E-state index contributed by atoms with van der Waals surface area (Å²) < 4.78 is 26.4. The number of hydrogen-bond donors (Lipinski definition) is 2. The summed E-state index contributed by atoms with van der Waals surface area (Å²) in [6.07, 6.45) is 2.44. The van der Waals surface area contributed by atoms with E-state index >= 15 is 0 Å². The molecular weight excluding hydrogens is 246 g/mol. The Kier molecular flexibility index (Phi) is 4.40. The smallest absolute Gasteiger partial charge is 0.270 e. The first-order chi connectivity index (χ1) is 8.97. The highest BCUT2D eigenvalue weighted by atomic mass is 19.3. The first-order valence-corrected chi connectivity index (χ1v) is 6.90. The zero-order chi connectivity index (χ0) is 13.9. The fourth-order valence-electron chi connectivity index (χ4n) is 2.49. The zero-order valence-corrected chi connectivity index (χ0v) is 11.6. The molecule has 1 aliphatic rings. The molecule has 1 aromatic rings. The average Bonchev–Trinajstić information content (AvgIpc) is 2.37. The van der Waals surface area contributed by atoms with Crippen molar-refractivity contribution in [1.82, 2.24) is 5.32 Å². The van der Waals surface area contributed by atoms with Gasteiger partial charge in [-0.25, -0.2) is 8.78 Å². The molecule has 1 fully saturated rings. The van der Waals surface area contributed by atoms with Gasteiger partial charge < -0.3 is 10.6 Å². The van der Waals surface area contributed by atoms with Crippen LogP contribution in [-0.4, -0.2) is 19.6 Å². The van der Waals surface area contributed by atoms with Crippen molar-refractivity contribution in [2.45, 2.75) is 32.6 Å². The molecule has 1 unspecified atom stereocenters. The molecule has 2 nitrogen and oxygen atoms in total. The van der Waals surface area contributed by atoms with Gasteiger partial charge in [0.25, 0.3) is 5.92 Å². The van der Waals surface area contributed by atoms with Crippen LogP contribution in [0.25, 0.3) is 0 Å². The highest BCUT2D eigenvalue weighted by Crippen LogP contribution is 2.29. The van der Waals surface area contributed by atoms with Crippen molar-refractivity contribution in [2.24, 2.45) is 5.92 Å². The van der Waals surface area contributed by atoms with Crippen molar-refractivity contribution in [3.05, 3.63) is 29.3 Å². The van der Waals surface area contributed by atoms with E-state index in [2.05, 4.69) is 10.6 Å². The third kappa shape index (κ3) is 3.90. The standard InChI is InChI=1S/C15H22F2N2/c1-11-8-13(15(2,16)17)5-6-14(11)19-10-12-4-3-7-18-9-12/h5-6,8,12,18-19H,3-4,7,9-10H2,1-2H3. The van der Waals surface area contributed by atoms with Crippen LogP contribution >= 0.6 is 0 Å². The predicted molar refractivity (Wildman–Crippen MR) is 74.8 cm³/mol. The second kappa shape index (κ2) is 5.87. The van der Waals surface area contributed by atoms with E-state index in [0.29, 0.717) is 5.92 Å². The zero-order valence-electron chi connectivity index (χ0n) is 11.6. The molecule has 0 saturated carbocycles. The minimum atomic E-state index is -2.77. The summed E-state index contributed by atoms with van der Waals surface area (Å²) in [6.45, 7) is 5.85. The van der Waals surface area contributed by atoms with E-state index in [9.17, 15) is 8.78 Å². The molecule has 1 aliphatic heterocycles. The van der Waals surface area contributed by atoms with Crippen LogP contribution in [0.15, 0.2) is 18.2 Å². The molecule has 0 aliphatic carbocycles. The second-order valence-corrected chi connectivity index (χ2v) is 5.51. The van der Waals surface area contributed by atoms with Crippen molar-refractivity contribution in [3.63, 3.8) is 0 Å². The van der Waals surface area contributed by atoms with Crippen LogP contribution in [0.2, 0.25) is 0 Å². The van der Waals surface area contributed by atoms with Gasteiger partial charge in [0.05, 0.1) is 0 Å². The summed E-state index contributed by atoms with van der Waals surface area (Å²) in [6, 6.07) is 4.84. The number of nitrogens with one attached hydrogen (secondary N) is 2. The van der Waals surface area contributed by atoms with Crippen LogP contribution in [0.3, 0.4) is 0 Å². The molecule has 106 valence electrons. The number of hydrogen-bond acceptors (Lipinski definition) is 2. The minimum absolute atomic E-state index is 0.0786. The Morgan fingerprint density at radius 1 is 1.42 bits per heavy atom. The summed E-state index contributed by atoms with van der Waals surface area (Å²) in [5.74, 6) is -2.14. The van der Waals surface area contributed by atoms with Crippen molar-refractivity contribution in [3.8, 4) is 0 Å². The van der Waals surface area contributed by atoms with Gasteiger partial charge in [0.1, 0.15) is 0 Å². The Bertz CT molecular complexity index is 421. The van der Waals surface area contributed by atoms with E-state index in [4.69, 9.17) is 0 Å². The molecule has 1 atom stereocenters. The Morgan fingerprint density at radius 3 is 2.79 bits per heavy atom. The SMILES string of the molecule is Cc1cc(C(C)(F)F)ccc1NCC1CCCNC1. The van der Waals surface area contributed by atoms with Gasteiger partial charge in [-0.1, -0.05) is 6.07 Å². The fraction of sp³-hybridized carbons (Fsp3) is 0.600. The van der Waals surface area contributed by atoms with Gasteiger partial charge in [-0.2, -0.15) is 0 Å². The van der Waals surface area contributed by atoms with E-state index < -0.39 is 5.92 Å². The molecule has 2 N–H and O–H groups in total. The average molecular weight is 268 g/mol.